The zero-order valence-corrected chi connectivity index (χ0v) is 17.6. The van der Waals surface area contributed by atoms with E-state index < -0.39 is 0 Å². The van der Waals surface area contributed by atoms with Gasteiger partial charge < -0.3 is 10.1 Å². The van der Waals surface area contributed by atoms with E-state index in [2.05, 4.69) is 33.6 Å². The Bertz CT molecular complexity index is 1170. The number of aromatic nitrogens is 3. The van der Waals surface area contributed by atoms with E-state index >= 15 is 0 Å². The first-order chi connectivity index (χ1) is 15.1. The van der Waals surface area contributed by atoms with Crippen molar-refractivity contribution in [1.82, 2.24) is 20.1 Å². The largest absolute Gasteiger partial charge is 0.438 e. The summed E-state index contributed by atoms with van der Waals surface area (Å²) in [4.78, 5) is 16.9. The Balaban J connectivity index is 1.36. The molecule has 156 valence electrons. The van der Waals surface area contributed by atoms with Crippen LogP contribution in [0.2, 0.25) is 0 Å². The lowest BCUT2D eigenvalue weighted by molar-refractivity contribution is 0.0951. The maximum absolute atomic E-state index is 12.7. The Labute approximate surface area is 181 Å². The normalized spacial score (nSPS) is 10.6. The van der Waals surface area contributed by atoms with Crippen molar-refractivity contribution >= 4 is 5.91 Å². The molecule has 0 atom stereocenters. The van der Waals surface area contributed by atoms with Gasteiger partial charge >= 0.3 is 0 Å². The van der Waals surface area contributed by atoms with Crippen LogP contribution in [0, 0.1) is 13.8 Å². The van der Waals surface area contributed by atoms with E-state index in [-0.39, 0.29) is 5.91 Å². The second-order valence-electron chi connectivity index (χ2n) is 7.28. The number of ether oxygens (including phenoxy) is 1. The van der Waals surface area contributed by atoms with Crippen molar-refractivity contribution in [3.63, 3.8) is 0 Å². The average molecular weight is 412 g/mol. The second-order valence-corrected chi connectivity index (χ2v) is 7.28. The van der Waals surface area contributed by atoms with Crippen molar-refractivity contribution in [2.45, 2.75) is 20.3 Å². The van der Waals surface area contributed by atoms with Gasteiger partial charge in [0.15, 0.2) is 0 Å². The molecule has 4 aromatic rings. The minimum atomic E-state index is -0.210. The first-order valence-electron chi connectivity index (χ1n) is 10.2. The van der Waals surface area contributed by atoms with E-state index in [1.54, 1.807) is 18.3 Å². The van der Waals surface area contributed by atoms with Crippen molar-refractivity contribution in [2.24, 2.45) is 0 Å². The third kappa shape index (κ3) is 4.98. The van der Waals surface area contributed by atoms with Gasteiger partial charge in [-0.1, -0.05) is 30.3 Å². The van der Waals surface area contributed by atoms with E-state index in [9.17, 15) is 4.79 Å². The predicted octanol–water partition coefficient (Wildman–Crippen LogP) is 4.65. The molecule has 0 aliphatic rings. The zero-order chi connectivity index (χ0) is 21.6. The van der Waals surface area contributed by atoms with Crippen LogP contribution in [0.4, 0.5) is 0 Å². The molecule has 6 nitrogen and oxygen atoms in total. The maximum atomic E-state index is 12.7. The number of nitrogens with one attached hydrogen (secondary N) is 1. The zero-order valence-electron chi connectivity index (χ0n) is 17.6. The Morgan fingerprint density at radius 2 is 1.77 bits per heavy atom. The van der Waals surface area contributed by atoms with Gasteiger partial charge in [0.1, 0.15) is 11.3 Å². The number of hydrogen-bond acceptors (Lipinski definition) is 4. The quantitative estimate of drug-likeness (QED) is 0.480. The first kappa shape index (κ1) is 20.3. The molecular weight excluding hydrogens is 388 g/mol. The molecule has 6 heteroatoms. The molecule has 0 fully saturated rings. The minimum absolute atomic E-state index is 0.210. The number of benzene rings is 2. The van der Waals surface area contributed by atoms with Crippen molar-refractivity contribution in [1.29, 1.82) is 0 Å². The summed E-state index contributed by atoms with van der Waals surface area (Å²) in [5, 5.41) is 7.47. The lowest BCUT2D eigenvalue weighted by atomic mass is 10.1. The third-order valence-corrected chi connectivity index (χ3v) is 4.86. The van der Waals surface area contributed by atoms with Crippen LogP contribution in [0.3, 0.4) is 0 Å². The molecule has 1 amide bonds. The number of para-hydroxylation sites is 1. The number of carbonyl (C=O) groups excluding carboxylic acids is 1. The Morgan fingerprint density at radius 1 is 1.00 bits per heavy atom. The molecule has 0 aliphatic heterocycles. The number of pyridine rings is 1. The van der Waals surface area contributed by atoms with Gasteiger partial charge in [-0.25, -0.2) is 9.67 Å². The molecule has 2 aromatic carbocycles. The van der Waals surface area contributed by atoms with E-state index in [4.69, 9.17) is 4.74 Å². The monoisotopic (exact) mass is 412 g/mol. The van der Waals surface area contributed by atoms with Crippen molar-refractivity contribution in [3.05, 3.63) is 102 Å². The van der Waals surface area contributed by atoms with Gasteiger partial charge in [-0.15, -0.1) is 0 Å². The van der Waals surface area contributed by atoms with Crippen molar-refractivity contribution < 1.29 is 9.53 Å². The molecule has 2 aromatic heterocycles. The van der Waals surface area contributed by atoms with E-state index in [1.165, 1.54) is 0 Å². The molecule has 0 bridgehead atoms. The molecule has 2 heterocycles. The fraction of sp³-hybridized carbons (Fsp3) is 0.160. The molecule has 31 heavy (non-hydrogen) atoms. The predicted molar refractivity (Wildman–Crippen MR) is 120 cm³/mol. The fourth-order valence-electron chi connectivity index (χ4n) is 3.35. The smallest absolute Gasteiger partial charge is 0.256 e. The minimum Gasteiger partial charge on any atom is -0.438 e. The van der Waals surface area contributed by atoms with Crippen molar-refractivity contribution in [2.75, 3.05) is 6.54 Å². The molecule has 0 radical (unpaired) electrons. The SMILES string of the molecule is Cc1cc(C)n(-c2ccc(CCNC(=O)c3cccnc3Oc3ccccc3)cc2)n1. The van der Waals surface area contributed by atoms with Crippen LogP contribution in [0.15, 0.2) is 79.0 Å². The summed E-state index contributed by atoms with van der Waals surface area (Å²) in [5.41, 5.74) is 4.66. The summed E-state index contributed by atoms with van der Waals surface area (Å²) in [6, 6.07) is 23.0. The van der Waals surface area contributed by atoms with Gasteiger partial charge in [-0.05, 0) is 68.3 Å². The second kappa shape index (κ2) is 9.26. The van der Waals surface area contributed by atoms with E-state index in [0.29, 0.717) is 23.7 Å². The molecule has 0 unspecified atom stereocenters. The van der Waals surface area contributed by atoms with E-state index in [1.807, 2.05) is 61.0 Å². The summed E-state index contributed by atoms with van der Waals surface area (Å²) >= 11 is 0. The fourth-order valence-corrected chi connectivity index (χ4v) is 3.35. The van der Waals surface area contributed by atoms with Gasteiger partial charge in [-0.3, -0.25) is 4.79 Å². The van der Waals surface area contributed by atoms with Crippen LogP contribution in [-0.4, -0.2) is 27.2 Å². The number of carbonyl (C=O) groups is 1. The summed E-state index contributed by atoms with van der Waals surface area (Å²) in [5.74, 6) is 0.719. The number of rotatable bonds is 7. The highest BCUT2D eigenvalue weighted by Gasteiger charge is 2.14. The van der Waals surface area contributed by atoms with Crippen LogP contribution in [0.5, 0.6) is 11.6 Å². The van der Waals surface area contributed by atoms with Gasteiger partial charge in [0.25, 0.3) is 5.91 Å². The van der Waals surface area contributed by atoms with Crippen LogP contribution in [0.1, 0.15) is 27.3 Å². The molecule has 0 spiro atoms. The Morgan fingerprint density at radius 3 is 2.48 bits per heavy atom. The summed E-state index contributed by atoms with van der Waals surface area (Å²) in [6.45, 7) is 4.54. The lowest BCUT2D eigenvalue weighted by Gasteiger charge is -2.11. The molecule has 0 saturated carbocycles. The topological polar surface area (TPSA) is 69.0 Å². The molecule has 0 saturated heterocycles. The Kier molecular flexibility index (Phi) is 6.08. The molecular formula is C25H24N4O2. The highest BCUT2D eigenvalue weighted by molar-refractivity contribution is 5.96. The molecule has 1 N–H and O–H groups in total. The molecule has 4 rings (SSSR count). The summed E-state index contributed by atoms with van der Waals surface area (Å²) < 4.78 is 7.71. The number of nitrogens with zero attached hydrogens (tertiary/aromatic N) is 3. The first-order valence-corrected chi connectivity index (χ1v) is 10.2. The van der Waals surface area contributed by atoms with E-state index in [0.717, 1.165) is 29.1 Å². The van der Waals surface area contributed by atoms with Gasteiger partial charge in [0.05, 0.1) is 11.4 Å². The van der Waals surface area contributed by atoms with Crippen LogP contribution in [0.25, 0.3) is 5.69 Å². The van der Waals surface area contributed by atoms with Gasteiger partial charge in [0, 0.05) is 18.4 Å². The molecule has 0 aliphatic carbocycles. The van der Waals surface area contributed by atoms with Crippen LogP contribution < -0.4 is 10.1 Å². The lowest BCUT2D eigenvalue weighted by Crippen LogP contribution is -2.26. The highest BCUT2D eigenvalue weighted by Crippen LogP contribution is 2.22. The van der Waals surface area contributed by atoms with Crippen LogP contribution in [-0.2, 0) is 6.42 Å². The average Bonchev–Trinajstić information content (AvgIpc) is 3.13. The summed E-state index contributed by atoms with van der Waals surface area (Å²) in [6.07, 6.45) is 2.33. The third-order valence-electron chi connectivity index (χ3n) is 4.86. The summed E-state index contributed by atoms with van der Waals surface area (Å²) in [7, 11) is 0. The number of amides is 1. The van der Waals surface area contributed by atoms with Gasteiger partial charge in [0.2, 0.25) is 5.88 Å². The number of hydrogen-bond donors (Lipinski definition) is 1. The van der Waals surface area contributed by atoms with Gasteiger partial charge in [-0.2, -0.15) is 5.10 Å². The standard InChI is InChI=1S/C25H24N4O2/c1-18-17-19(2)29(28-18)21-12-10-20(11-13-21)14-16-26-24(30)23-9-6-15-27-25(23)31-22-7-4-3-5-8-22/h3-13,15,17H,14,16H2,1-2H3,(H,26,30). The maximum Gasteiger partial charge on any atom is 0.256 e. The number of aryl methyl sites for hydroxylation is 2. The van der Waals surface area contributed by atoms with Crippen molar-refractivity contribution in [3.8, 4) is 17.3 Å². The van der Waals surface area contributed by atoms with Crippen LogP contribution >= 0.6 is 0 Å². The highest BCUT2D eigenvalue weighted by atomic mass is 16.5. The Hall–Kier alpha value is -3.93.